The highest BCUT2D eigenvalue weighted by Crippen LogP contribution is 1.99. The van der Waals surface area contributed by atoms with Gasteiger partial charge in [-0.1, -0.05) is 13.3 Å². The van der Waals surface area contributed by atoms with Gasteiger partial charge in [0, 0.05) is 13.3 Å². The van der Waals surface area contributed by atoms with E-state index < -0.39 is 11.6 Å². The van der Waals surface area contributed by atoms with Crippen LogP contribution in [0.2, 0.25) is 0 Å². The van der Waals surface area contributed by atoms with Gasteiger partial charge in [0.25, 0.3) is 0 Å². The molecule has 3 heteroatoms. The van der Waals surface area contributed by atoms with E-state index in [0.717, 1.165) is 12.8 Å². The maximum Gasteiger partial charge on any atom is 0.205 e. The summed E-state index contributed by atoms with van der Waals surface area (Å²) >= 11 is 0. The van der Waals surface area contributed by atoms with Crippen molar-refractivity contribution < 1.29 is 14.4 Å². The van der Waals surface area contributed by atoms with Crippen molar-refractivity contribution in [2.75, 3.05) is 0 Å². The summed E-state index contributed by atoms with van der Waals surface area (Å²) in [6.07, 6.45) is 1.93. The van der Waals surface area contributed by atoms with E-state index in [2.05, 4.69) is 0 Å². The molecule has 0 bridgehead atoms. The average Bonchev–Trinajstić information content (AvgIpc) is 2.00. The van der Waals surface area contributed by atoms with Crippen molar-refractivity contribution >= 4 is 17.3 Å². The van der Waals surface area contributed by atoms with E-state index >= 15 is 0 Å². The summed E-state index contributed by atoms with van der Waals surface area (Å²) in [6.45, 7) is 3.16. The maximum absolute atomic E-state index is 10.9. The number of hydrogen-bond donors (Lipinski definition) is 0. The molecule has 0 amide bonds. The van der Waals surface area contributed by atoms with Crippen LogP contribution in [-0.4, -0.2) is 17.3 Å². The van der Waals surface area contributed by atoms with Gasteiger partial charge in [-0.15, -0.1) is 0 Å². The Kier molecular flexibility index (Phi) is 5.17. The van der Waals surface area contributed by atoms with Crippen molar-refractivity contribution in [2.45, 2.75) is 39.5 Å². The second-order valence-electron chi connectivity index (χ2n) is 2.80. The Hall–Kier alpha value is -0.990. The van der Waals surface area contributed by atoms with Crippen LogP contribution in [0.3, 0.4) is 0 Å². The van der Waals surface area contributed by atoms with Crippen LogP contribution in [0, 0.1) is 0 Å². The molecule has 0 aromatic carbocycles. The van der Waals surface area contributed by atoms with E-state index in [1.165, 1.54) is 6.92 Å². The van der Waals surface area contributed by atoms with Crippen LogP contribution >= 0.6 is 0 Å². The van der Waals surface area contributed by atoms with Gasteiger partial charge in [-0.05, 0) is 6.42 Å². The van der Waals surface area contributed by atoms with Crippen LogP contribution in [0.15, 0.2) is 0 Å². The third-order valence-electron chi connectivity index (χ3n) is 1.56. The highest BCUT2D eigenvalue weighted by atomic mass is 16.2. The smallest absolute Gasteiger partial charge is 0.205 e. The van der Waals surface area contributed by atoms with Crippen molar-refractivity contribution in [2.24, 2.45) is 0 Å². The summed E-state index contributed by atoms with van der Waals surface area (Å²) < 4.78 is 0. The fourth-order valence-corrected chi connectivity index (χ4v) is 0.766. The van der Waals surface area contributed by atoms with E-state index in [4.69, 9.17) is 0 Å². The lowest BCUT2D eigenvalue weighted by atomic mass is 10.1. The summed E-state index contributed by atoms with van der Waals surface area (Å²) in [6, 6.07) is 0. The minimum atomic E-state index is -0.573. The summed E-state index contributed by atoms with van der Waals surface area (Å²) in [7, 11) is 0. The molecule has 0 saturated heterocycles. The first kappa shape index (κ1) is 11.0. The van der Waals surface area contributed by atoms with Gasteiger partial charge >= 0.3 is 0 Å². The molecule has 0 N–H and O–H groups in total. The summed E-state index contributed by atoms with van der Waals surface area (Å²) in [4.78, 5) is 32.1. The lowest BCUT2D eigenvalue weighted by Gasteiger charge is -1.95. The van der Waals surface area contributed by atoms with Crippen molar-refractivity contribution in [1.82, 2.24) is 0 Å². The Labute approximate surface area is 72.1 Å². The molecule has 0 aliphatic carbocycles. The standard InChI is InChI=1S/C9H14O3/c1-3-4-5-8(11)6-9(12)7(2)10/h3-6H2,1-2H3. The molecule has 3 nitrogen and oxygen atoms in total. The largest absolute Gasteiger partial charge is 0.299 e. The van der Waals surface area contributed by atoms with E-state index in [1.54, 1.807) is 0 Å². The highest BCUT2D eigenvalue weighted by molar-refractivity contribution is 6.39. The van der Waals surface area contributed by atoms with Crippen LogP contribution in [0.5, 0.6) is 0 Å². The molecule has 68 valence electrons. The topological polar surface area (TPSA) is 51.2 Å². The fraction of sp³-hybridized carbons (Fsp3) is 0.667. The number of ketones is 3. The predicted octanol–water partition coefficient (Wildman–Crippen LogP) is 1.29. The molecular weight excluding hydrogens is 156 g/mol. The molecule has 0 unspecified atom stereocenters. The second-order valence-corrected chi connectivity index (χ2v) is 2.80. The lowest BCUT2D eigenvalue weighted by Crippen LogP contribution is -2.14. The van der Waals surface area contributed by atoms with Crippen molar-refractivity contribution in [1.29, 1.82) is 0 Å². The van der Waals surface area contributed by atoms with Crippen molar-refractivity contribution in [3.05, 3.63) is 0 Å². The van der Waals surface area contributed by atoms with Gasteiger partial charge in [-0.2, -0.15) is 0 Å². The van der Waals surface area contributed by atoms with Crippen molar-refractivity contribution in [3.63, 3.8) is 0 Å². The minimum absolute atomic E-state index is 0.128. The van der Waals surface area contributed by atoms with Gasteiger partial charge < -0.3 is 0 Å². The Morgan fingerprint density at radius 2 is 1.75 bits per heavy atom. The molecule has 12 heavy (non-hydrogen) atoms. The van der Waals surface area contributed by atoms with Crippen LogP contribution < -0.4 is 0 Å². The monoisotopic (exact) mass is 170 g/mol. The van der Waals surface area contributed by atoms with Gasteiger partial charge in [0.15, 0.2) is 5.78 Å². The highest BCUT2D eigenvalue weighted by Gasteiger charge is 2.12. The first-order valence-electron chi connectivity index (χ1n) is 4.13. The molecule has 0 heterocycles. The third kappa shape index (κ3) is 4.77. The van der Waals surface area contributed by atoms with Crippen LogP contribution in [0.1, 0.15) is 39.5 Å². The lowest BCUT2D eigenvalue weighted by molar-refractivity contribution is -0.137. The van der Waals surface area contributed by atoms with E-state index in [9.17, 15) is 14.4 Å². The first-order chi connectivity index (χ1) is 5.57. The van der Waals surface area contributed by atoms with Gasteiger partial charge in [-0.25, -0.2) is 0 Å². The van der Waals surface area contributed by atoms with Gasteiger partial charge in [0.1, 0.15) is 5.78 Å². The molecule has 0 saturated carbocycles. The Bertz CT molecular complexity index is 194. The quantitative estimate of drug-likeness (QED) is 0.446. The van der Waals surface area contributed by atoms with Crippen molar-refractivity contribution in [3.8, 4) is 0 Å². The van der Waals surface area contributed by atoms with E-state index in [0.29, 0.717) is 6.42 Å². The molecule has 0 rings (SSSR count). The van der Waals surface area contributed by atoms with Crippen LogP contribution in [-0.2, 0) is 14.4 Å². The number of hydrogen-bond acceptors (Lipinski definition) is 3. The number of Topliss-reactive ketones (excluding diaryl/α,β-unsaturated/α-hetero) is 3. The van der Waals surface area contributed by atoms with Gasteiger partial charge in [0.05, 0.1) is 6.42 Å². The molecule has 0 atom stereocenters. The van der Waals surface area contributed by atoms with Crippen LogP contribution in [0.4, 0.5) is 0 Å². The second kappa shape index (κ2) is 5.63. The zero-order valence-electron chi connectivity index (χ0n) is 7.55. The number of carbonyl (C=O) groups is 3. The number of carbonyl (C=O) groups excluding carboxylic acids is 3. The zero-order valence-corrected chi connectivity index (χ0v) is 7.55. The predicted molar refractivity (Wildman–Crippen MR) is 44.8 cm³/mol. The SMILES string of the molecule is CCCCC(=O)CC(=O)C(C)=O. The minimum Gasteiger partial charge on any atom is -0.299 e. The molecule has 0 fully saturated rings. The molecule has 0 aromatic rings. The molecule has 0 aliphatic heterocycles. The zero-order chi connectivity index (χ0) is 9.56. The Morgan fingerprint density at radius 1 is 1.17 bits per heavy atom. The van der Waals surface area contributed by atoms with Gasteiger partial charge in [-0.3, -0.25) is 14.4 Å². The summed E-state index contributed by atoms with van der Waals surface area (Å²) in [5.74, 6) is -1.23. The molecular formula is C9H14O3. The number of rotatable bonds is 6. The third-order valence-corrected chi connectivity index (χ3v) is 1.56. The van der Waals surface area contributed by atoms with E-state index in [-0.39, 0.29) is 12.2 Å². The average molecular weight is 170 g/mol. The first-order valence-corrected chi connectivity index (χ1v) is 4.13. The van der Waals surface area contributed by atoms with Crippen LogP contribution in [0.25, 0.3) is 0 Å². The summed E-state index contributed by atoms with van der Waals surface area (Å²) in [5.41, 5.74) is 0. The van der Waals surface area contributed by atoms with E-state index in [1.807, 2.05) is 6.92 Å². The molecule has 0 spiro atoms. The molecule has 0 radical (unpaired) electrons. The Balaban J connectivity index is 3.69. The van der Waals surface area contributed by atoms with Gasteiger partial charge in [0.2, 0.25) is 5.78 Å². The summed E-state index contributed by atoms with van der Waals surface area (Å²) in [5, 5.41) is 0. The normalized spacial score (nSPS) is 9.50. The maximum atomic E-state index is 10.9. The fourth-order valence-electron chi connectivity index (χ4n) is 0.766. The number of unbranched alkanes of at least 4 members (excludes halogenated alkanes) is 1. The molecule has 0 aromatic heterocycles. The molecule has 0 aliphatic rings. The Morgan fingerprint density at radius 3 is 2.17 bits per heavy atom.